The number of aryl methyl sites for hydroxylation is 1. The van der Waals surface area contributed by atoms with E-state index in [9.17, 15) is 13.2 Å². The molecule has 6 rings (SSSR count). The van der Waals surface area contributed by atoms with E-state index in [2.05, 4.69) is 5.32 Å². The Bertz CT molecular complexity index is 1090. The van der Waals surface area contributed by atoms with Gasteiger partial charge in [0, 0.05) is 10.6 Å². The van der Waals surface area contributed by atoms with Crippen molar-refractivity contribution < 1.29 is 13.2 Å². The fourth-order valence-corrected chi connectivity index (χ4v) is 8.22. The second kappa shape index (κ2) is 8.07. The van der Waals surface area contributed by atoms with Crippen molar-refractivity contribution in [2.45, 2.75) is 55.9 Å². The lowest BCUT2D eigenvalue weighted by Crippen LogP contribution is -2.61. The van der Waals surface area contributed by atoms with Gasteiger partial charge in [0.1, 0.15) is 6.54 Å². The van der Waals surface area contributed by atoms with E-state index in [1.165, 1.54) is 35.7 Å². The monoisotopic (exact) mass is 472 g/mol. The van der Waals surface area contributed by atoms with Crippen LogP contribution in [-0.2, 0) is 14.8 Å². The van der Waals surface area contributed by atoms with E-state index < -0.39 is 10.0 Å². The smallest absolute Gasteiger partial charge is 0.264 e. The Kier molecular flexibility index (Phi) is 5.49. The highest BCUT2D eigenvalue weighted by atomic mass is 35.5. The summed E-state index contributed by atoms with van der Waals surface area (Å²) in [6.45, 7) is 1.62. The van der Waals surface area contributed by atoms with Crippen LogP contribution in [-0.4, -0.2) is 26.4 Å². The molecule has 4 bridgehead atoms. The van der Waals surface area contributed by atoms with Gasteiger partial charge in [0.25, 0.3) is 10.0 Å². The molecule has 0 radical (unpaired) electrons. The minimum absolute atomic E-state index is 0.118. The van der Waals surface area contributed by atoms with Crippen molar-refractivity contribution in [1.82, 2.24) is 5.32 Å². The van der Waals surface area contributed by atoms with Crippen molar-refractivity contribution in [3.05, 3.63) is 59.1 Å². The Morgan fingerprint density at radius 1 is 1.00 bits per heavy atom. The Labute approximate surface area is 195 Å². The van der Waals surface area contributed by atoms with Crippen molar-refractivity contribution >= 4 is 33.2 Å². The highest BCUT2D eigenvalue weighted by Gasteiger charge is 2.51. The second-order valence-corrected chi connectivity index (χ2v) is 12.3. The van der Waals surface area contributed by atoms with Gasteiger partial charge in [0.2, 0.25) is 5.91 Å². The second-order valence-electron chi connectivity index (χ2n) is 10.00. The molecule has 4 fully saturated rings. The number of hydrogen-bond acceptors (Lipinski definition) is 3. The number of para-hydroxylation sites is 1. The maximum atomic E-state index is 13.6. The van der Waals surface area contributed by atoms with E-state index in [0.29, 0.717) is 28.5 Å². The fraction of sp³-hybridized carbons (Fsp3) is 0.480. The van der Waals surface area contributed by atoms with Crippen LogP contribution in [0.2, 0.25) is 5.02 Å². The first-order valence-corrected chi connectivity index (χ1v) is 13.2. The van der Waals surface area contributed by atoms with Gasteiger partial charge in [-0.05, 0) is 99.1 Å². The fourth-order valence-electron chi connectivity index (χ4n) is 6.61. The minimum atomic E-state index is -3.94. The SMILES string of the molecule is Cc1ccccc1N(CC(=O)NC12CC3CC(CC(C3)C1)C2)S(=O)(=O)c1ccc(Cl)cc1. The summed E-state index contributed by atoms with van der Waals surface area (Å²) in [6, 6.07) is 13.3. The predicted octanol–water partition coefficient (Wildman–Crippen LogP) is 4.93. The highest BCUT2D eigenvalue weighted by molar-refractivity contribution is 7.92. The molecule has 0 heterocycles. The standard InChI is InChI=1S/C25H29ClN2O3S/c1-17-4-2-3-5-23(17)28(32(30,31)22-8-6-21(26)7-9-22)16-24(29)27-25-13-18-10-19(14-25)12-20(11-18)15-25/h2-9,18-20H,10-16H2,1H3,(H,27,29). The summed E-state index contributed by atoms with van der Waals surface area (Å²) < 4.78 is 28.4. The number of sulfonamides is 1. The Morgan fingerprint density at radius 2 is 1.56 bits per heavy atom. The van der Waals surface area contributed by atoms with Crippen LogP contribution in [0.1, 0.15) is 44.1 Å². The summed E-state index contributed by atoms with van der Waals surface area (Å²) in [5.74, 6) is 1.87. The number of nitrogens with one attached hydrogen (secondary N) is 1. The number of benzene rings is 2. The van der Waals surface area contributed by atoms with Crippen LogP contribution in [0.25, 0.3) is 0 Å². The minimum Gasteiger partial charge on any atom is -0.349 e. The number of anilines is 1. The number of rotatable bonds is 6. The van der Waals surface area contributed by atoms with Gasteiger partial charge in [-0.25, -0.2) is 8.42 Å². The normalized spacial score (nSPS) is 28.5. The molecule has 32 heavy (non-hydrogen) atoms. The molecule has 5 nitrogen and oxygen atoms in total. The lowest BCUT2D eigenvalue weighted by atomic mass is 9.53. The zero-order valence-electron chi connectivity index (χ0n) is 18.3. The molecule has 1 N–H and O–H groups in total. The summed E-state index contributed by atoms with van der Waals surface area (Å²) in [6.07, 6.45) is 6.94. The van der Waals surface area contributed by atoms with Crippen LogP contribution in [0.5, 0.6) is 0 Å². The third-order valence-corrected chi connectivity index (χ3v) is 9.54. The van der Waals surface area contributed by atoms with E-state index >= 15 is 0 Å². The molecule has 0 unspecified atom stereocenters. The number of amides is 1. The lowest BCUT2D eigenvalue weighted by Gasteiger charge is -2.57. The van der Waals surface area contributed by atoms with E-state index in [1.807, 2.05) is 19.1 Å². The number of halogens is 1. The van der Waals surface area contributed by atoms with Gasteiger partial charge in [0.05, 0.1) is 10.6 Å². The van der Waals surface area contributed by atoms with Crippen molar-refractivity contribution in [2.75, 3.05) is 10.8 Å². The van der Waals surface area contributed by atoms with Gasteiger partial charge in [-0.3, -0.25) is 9.10 Å². The first kappa shape index (κ1) is 21.8. The molecule has 0 aromatic heterocycles. The molecule has 170 valence electrons. The van der Waals surface area contributed by atoms with Crippen LogP contribution in [0, 0.1) is 24.7 Å². The molecule has 7 heteroatoms. The molecule has 2 aromatic carbocycles. The molecular formula is C25H29ClN2O3S. The average Bonchev–Trinajstić information content (AvgIpc) is 2.71. The van der Waals surface area contributed by atoms with Crippen LogP contribution >= 0.6 is 11.6 Å². The van der Waals surface area contributed by atoms with E-state index in [-0.39, 0.29) is 22.9 Å². The van der Waals surface area contributed by atoms with Gasteiger partial charge < -0.3 is 5.32 Å². The predicted molar refractivity (Wildman–Crippen MR) is 126 cm³/mol. The first-order valence-electron chi connectivity index (χ1n) is 11.4. The van der Waals surface area contributed by atoms with Crippen LogP contribution in [0.4, 0.5) is 5.69 Å². The van der Waals surface area contributed by atoms with Crippen molar-refractivity contribution in [2.24, 2.45) is 17.8 Å². The Balaban J connectivity index is 1.43. The largest absolute Gasteiger partial charge is 0.349 e. The molecule has 4 saturated carbocycles. The topological polar surface area (TPSA) is 66.5 Å². The van der Waals surface area contributed by atoms with Gasteiger partial charge >= 0.3 is 0 Å². The van der Waals surface area contributed by atoms with Crippen molar-refractivity contribution in [3.8, 4) is 0 Å². The highest BCUT2D eigenvalue weighted by Crippen LogP contribution is 2.55. The molecule has 0 saturated heterocycles. The lowest BCUT2D eigenvalue weighted by molar-refractivity contribution is -0.125. The van der Waals surface area contributed by atoms with Crippen molar-refractivity contribution in [1.29, 1.82) is 0 Å². The number of carbonyl (C=O) groups is 1. The molecule has 0 aliphatic heterocycles. The molecule has 0 atom stereocenters. The van der Waals surface area contributed by atoms with Gasteiger partial charge in [-0.15, -0.1) is 0 Å². The summed E-state index contributed by atoms with van der Waals surface area (Å²) in [5.41, 5.74) is 1.16. The summed E-state index contributed by atoms with van der Waals surface area (Å²) in [5, 5.41) is 3.77. The zero-order chi connectivity index (χ0) is 22.5. The molecule has 0 spiro atoms. The maximum Gasteiger partial charge on any atom is 0.264 e. The Hall–Kier alpha value is -2.05. The van der Waals surface area contributed by atoms with Crippen LogP contribution in [0.3, 0.4) is 0 Å². The molecule has 2 aromatic rings. The average molecular weight is 473 g/mol. The summed E-state index contributed by atoms with van der Waals surface area (Å²) in [4.78, 5) is 13.4. The molecule has 4 aliphatic carbocycles. The quantitative estimate of drug-likeness (QED) is 0.648. The number of nitrogens with zero attached hydrogens (tertiary/aromatic N) is 1. The number of hydrogen-bond donors (Lipinski definition) is 1. The van der Waals surface area contributed by atoms with E-state index in [0.717, 1.165) is 24.8 Å². The van der Waals surface area contributed by atoms with Gasteiger partial charge in [-0.1, -0.05) is 29.8 Å². The van der Waals surface area contributed by atoms with E-state index in [4.69, 9.17) is 11.6 Å². The van der Waals surface area contributed by atoms with Crippen LogP contribution in [0.15, 0.2) is 53.4 Å². The van der Waals surface area contributed by atoms with Gasteiger partial charge in [-0.2, -0.15) is 0 Å². The summed E-state index contributed by atoms with van der Waals surface area (Å²) >= 11 is 5.97. The number of carbonyl (C=O) groups excluding carboxylic acids is 1. The van der Waals surface area contributed by atoms with Crippen molar-refractivity contribution in [3.63, 3.8) is 0 Å². The molecular weight excluding hydrogens is 444 g/mol. The molecule has 4 aliphatic rings. The van der Waals surface area contributed by atoms with Gasteiger partial charge in [0.15, 0.2) is 0 Å². The third-order valence-electron chi connectivity index (χ3n) is 7.52. The first-order chi connectivity index (χ1) is 15.2. The van der Waals surface area contributed by atoms with E-state index in [1.54, 1.807) is 24.3 Å². The molecule has 1 amide bonds. The summed E-state index contributed by atoms with van der Waals surface area (Å²) in [7, 11) is -3.94. The Morgan fingerprint density at radius 3 is 2.12 bits per heavy atom. The maximum absolute atomic E-state index is 13.6. The van der Waals surface area contributed by atoms with Crippen LogP contribution < -0.4 is 9.62 Å². The zero-order valence-corrected chi connectivity index (χ0v) is 19.8. The third kappa shape index (κ3) is 4.03.